The number of nitrogens with one attached hydrogen (secondary N) is 1. The largest absolute Gasteiger partial charge is 0.295 e. The summed E-state index contributed by atoms with van der Waals surface area (Å²) >= 11 is 0. The normalized spacial score (nSPS) is 33.1. The highest BCUT2D eigenvalue weighted by Crippen LogP contribution is 2.43. The Bertz CT molecular complexity index is 487. The molecule has 0 aromatic heterocycles. The third-order valence-electron chi connectivity index (χ3n) is 3.83. The lowest BCUT2D eigenvalue weighted by molar-refractivity contribution is 0.481. The zero-order valence-corrected chi connectivity index (χ0v) is 9.83. The molecule has 2 heterocycles. The lowest BCUT2D eigenvalue weighted by Crippen LogP contribution is -2.44. The molecular formula is C12H15NO2S. The Morgan fingerprint density at radius 1 is 1.12 bits per heavy atom. The minimum absolute atomic E-state index is 0.415. The highest BCUT2D eigenvalue weighted by molar-refractivity contribution is 7.92. The molecule has 2 fully saturated rings. The van der Waals surface area contributed by atoms with Gasteiger partial charge in [-0.2, -0.15) is 0 Å². The Morgan fingerprint density at radius 2 is 1.75 bits per heavy atom. The molecule has 1 aromatic carbocycles. The summed E-state index contributed by atoms with van der Waals surface area (Å²) in [4.78, 5) is -0.219. The van der Waals surface area contributed by atoms with Crippen LogP contribution in [0.3, 0.4) is 0 Å². The second kappa shape index (κ2) is 3.31. The summed E-state index contributed by atoms with van der Waals surface area (Å²) in [6, 6.07) is 9.21. The monoisotopic (exact) mass is 237 g/mol. The molecule has 0 unspecified atom stereocenters. The van der Waals surface area contributed by atoms with E-state index in [4.69, 9.17) is 0 Å². The fraction of sp³-hybridized carbons (Fsp3) is 0.500. The van der Waals surface area contributed by atoms with E-state index in [2.05, 4.69) is 5.32 Å². The molecular weight excluding hydrogens is 222 g/mol. The molecule has 1 aromatic rings. The van der Waals surface area contributed by atoms with E-state index in [-0.39, 0.29) is 0 Å². The molecule has 2 saturated heterocycles. The standard InChI is InChI=1S/C12H15NO2S/c14-16(15,11-4-2-1-3-5-11)12-8-6-10(13-12)7-9-12/h1-5,10,13H,6-9H2. The number of fused-ring (bicyclic) bond motifs is 2. The molecule has 0 atom stereocenters. The Kier molecular flexibility index (Phi) is 2.13. The van der Waals surface area contributed by atoms with E-state index in [9.17, 15) is 8.42 Å². The molecule has 3 nitrogen and oxygen atoms in total. The van der Waals surface area contributed by atoms with E-state index in [0.29, 0.717) is 10.9 Å². The van der Waals surface area contributed by atoms with Crippen LogP contribution in [0.1, 0.15) is 25.7 Å². The van der Waals surface area contributed by atoms with Gasteiger partial charge in [-0.3, -0.25) is 5.32 Å². The number of hydrogen-bond donors (Lipinski definition) is 1. The topological polar surface area (TPSA) is 46.2 Å². The smallest absolute Gasteiger partial charge is 0.197 e. The quantitative estimate of drug-likeness (QED) is 0.851. The maximum Gasteiger partial charge on any atom is 0.197 e. The molecule has 0 spiro atoms. The van der Waals surface area contributed by atoms with Gasteiger partial charge in [-0.25, -0.2) is 8.42 Å². The first kappa shape index (κ1) is 10.3. The van der Waals surface area contributed by atoms with Gasteiger partial charge in [0.2, 0.25) is 0 Å². The van der Waals surface area contributed by atoms with Gasteiger partial charge in [-0.1, -0.05) is 18.2 Å². The Hall–Kier alpha value is -0.870. The summed E-state index contributed by atoms with van der Waals surface area (Å²) in [7, 11) is -3.22. The number of benzene rings is 1. The maximum absolute atomic E-state index is 12.6. The first-order valence-electron chi connectivity index (χ1n) is 5.71. The predicted octanol–water partition coefficient (Wildman–Crippen LogP) is 1.70. The summed E-state index contributed by atoms with van der Waals surface area (Å²) < 4.78 is 25.1. The predicted molar refractivity (Wildman–Crippen MR) is 61.8 cm³/mol. The number of rotatable bonds is 2. The van der Waals surface area contributed by atoms with Crippen molar-refractivity contribution >= 4 is 9.84 Å². The molecule has 3 rings (SSSR count). The van der Waals surface area contributed by atoms with Crippen LogP contribution in [0.2, 0.25) is 0 Å². The first-order valence-corrected chi connectivity index (χ1v) is 7.20. The molecule has 2 aliphatic heterocycles. The number of sulfone groups is 1. The zero-order chi connectivity index (χ0) is 11.2. The molecule has 0 radical (unpaired) electrons. The highest BCUT2D eigenvalue weighted by Gasteiger charge is 2.53. The van der Waals surface area contributed by atoms with E-state index < -0.39 is 14.7 Å². The fourth-order valence-corrected chi connectivity index (χ4v) is 4.98. The van der Waals surface area contributed by atoms with Crippen molar-refractivity contribution < 1.29 is 8.42 Å². The molecule has 0 amide bonds. The molecule has 2 bridgehead atoms. The van der Waals surface area contributed by atoms with Crippen LogP contribution in [0.5, 0.6) is 0 Å². The lowest BCUT2D eigenvalue weighted by atomic mass is 10.0. The minimum atomic E-state index is -3.22. The third-order valence-corrected chi connectivity index (χ3v) is 6.28. The molecule has 16 heavy (non-hydrogen) atoms. The Morgan fingerprint density at radius 3 is 2.25 bits per heavy atom. The lowest BCUT2D eigenvalue weighted by Gasteiger charge is -2.25. The molecule has 1 N–H and O–H groups in total. The maximum atomic E-state index is 12.6. The first-order chi connectivity index (χ1) is 7.64. The summed E-state index contributed by atoms with van der Waals surface area (Å²) in [5.74, 6) is 0. The average Bonchev–Trinajstić information content (AvgIpc) is 2.92. The molecule has 4 heteroatoms. The van der Waals surface area contributed by atoms with Gasteiger partial charge in [0.05, 0.1) is 4.90 Å². The van der Waals surface area contributed by atoms with Crippen LogP contribution >= 0.6 is 0 Å². The van der Waals surface area contributed by atoms with Crippen molar-refractivity contribution in [1.29, 1.82) is 0 Å². The van der Waals surface area contributed by atoms with Crippen LogP contribution in [0.15, 0.2) is 35.2 Å². The summed E-state index contributed by atoms with van der Waals surface area (Å²) in [5, 5.41) is 3.29. The minimum Gasteiger partial charge on any atom is -0.295 e. The van der Waals surface area contributed by atoms with Crippen LogP contribution < -0.4 is 5.32 Å². The van der Waals surface area contributed by atoms with Crippen molar-refractivity contribution in [1.82, 2.24) is 5.32 Å². The van der Waals surface area contributed by atoms with E-state index in [1.54, 1.807) is 24.3 Å². The van der Waals surface area contributed by atoms with E-state index in [1.807, 2.05) is 6.07 Å². The zero-order valence-electron chi connectivity index (χ0n) is 9.02. The van der Waals surface area contributed by atoms with E-state index in [0.717, 1.165) is 25.7 Å². The van der Waals surface area contributed by atoms with Gasteiger partial charge < -0.3 is 0 Å². The van der Waals surface area contributed by atoms with Gasteiger partial charge in [0.15, 0.2) is 9.84 Å². The van der Waals surface area contributed by atoms with Crippen LogP contribution in [0, 0.1) is 0 Å². The average molecular weight is 237 g/mol. The van der Waals surface area contributed by atoms with Gasteiger partial charge in [0.1, 0.15) is 4.87 Å². The van der Waals surface area contributed by atoms with Gasteiger partial charge in [0.25, 0.3) is 0 Å². The Labute approximate surface area is 95.8 Å². The van der Waals surface area contributed by atoms with Crippen molar-refractivity contribution in [2.75, 3.05) is 0 Å². The highest BCUT2D eigenvalue weighted by atomic mass is 32.2. The van der Waals surface area contributed by atoms with E-state index in [1.165, 1.54) is 0 Å². The van der Waals surface area contributed by atoms with Gasteiger partial charge in [-0.15, -0.1) is 0 Å². The second-order valence-corrected chi connectivity index (χ2v) is 6.99. The van der Waals surface area contributed by atoms with Gasteiger partial charge >= 0.3 is 0 Å². The van der Waals surface area contributed by atoms with Crippen molar-refractivity contribution in [3.05, 3.63) is 30.3 Å². The summed E-state index contributed by atoms with van der Waals surface area (Å²) in [6.45, 7) is 0. The van der Waals surface area contributed by atoms with Crippen molar-refractivity contribution in [3.63, 3.8) is 0 Å². The Balaban J connectivity index is 2.06. The van der Waals surface area contributed by atoms with Gasteiger partial charge in [0, 0.05) is 6.04 Å². The molecule has 86 valence electrons. The molecule has 2 aliphatic rings. The van der Waals surface area contributed by atoms with Crippen molar-refractivity contribution in [2.45, 2.75) is 41.5 Å². The fourth-order valence-electron chi connectivity index (χ4n) is 2.92. The molecule has 0 aliphatic carbocycles. The van der Waals surface area contributed by atoms with Gasteiger partial charge in [-0.05, 0) is 37.8 Å². The van der Waals surface area contributed by atoms with Crippen LogP contribution in [0.4, 0.5) is 0 Å². The molecule has 0 saturated carbocycles. The van der Waals surface area contributed by atoms with Crippen LogP contribution in [-0.2, 0) is 9.84 Å². The van der Waals surface area contributed by atoms with E-state index >= 15 is 0 Å². The summed E-state index contributed by atoms with van der Waals surface area (Å²) in [6.07, 6.45) is 3.50. The van der Waals surface area contributed by atoms with Crippen molar-refractivity contribution in [2.24, 2.45) is 0 Å². The SMILES string of the molecule is O=S(=O)(c1ccccc1)C12CCC(CC1)N2. The summed E-state index contributed by atoms with van der Waals surface area (Å²) in [5.41, 5.74) is 0. The number of hydrogen-bond acceptors (Lipinski definition) is 3. The second-order valence-electron chi connectivity index (χ2n) is 4.73. The van der Waals surface area contributed by atoms with Crippen LogP contribution in [-0.4, -0.2) is 19.3 Å². The third kappa shape index (κ3) is 1.26. The van der Waals surface area contributed by atoms with Crippen molar-refractivity contribution in [3.8, 4) is 0 Å². The van der Waals surface area contributed by atoms with Crippen LogP contribution in [0.25, 0.3) is 0 Å².